The van der Waals surface area contributed by atoms with Crippen molar-refractivity contribution >= 4 is 11.8 Å². The average Bonchev–Trinajstić information content (AvgIpc) is 2.89. The van der Waals surface area contributed by atoms with Crippen LogP contribution in [-0.2, 0) is 16.1 Å². The number of hydrogen-bond donors (Lipinski definition) is 1. The number of carbonyl (C=O) groups excluding carboxylic acids is 2. The fraction of sp³-hybridized carbons (Fsp3) is 0.355. The van der Waals surface area contributed by atoms with E-state index >= 15 is 0 Å². The molecule has 35 heavy (non-hydrogen) atoms. The molecule has 3 rings (SSSR count). The van der Waals surface area contributed by atoms with Crippen molar-refractivity contribution < 1.29 is 9.59 Å². The smallest absolute Gasteiger partial charge is 0.242 e. The second-order valence-electron chi connectivity index (χ2n) is 9.09. The predicted octanol–water partition coefficient (Wildman–Crippen LogP) is 6.24. The van der Waals surface area contributed by atoms with E-state index in [1.54, 1.807) is 4.90 Å². The molecule has 0 heterocycles. The van der Waals surface area contributed by atoms with Crippen LogP contribution in [0.2, 0.25) is 0 Å². The van der Waals surface area contributed by atoms with Crippen molar-refractivity contribution in [2.75, 3.05) is 6.54 Å². The summed E-state index contributed by atoms with van der Waals surface area (Å²) in [7, 11) is 0. The Labute approximate surface area is 210 Å². The summed E-state index contributed by atoms with van der Waals surface area (Å²) in [6, 6.07) is 27.9. The third kappa shape index (κ3) is 7.29. The summed E-state index contributed by atoms with van der Waals surface area (Å²) in [4.78, 5) is 29.0. The van der Waals surface area contributed by atoms with Crippen LogP contribution >= 0.6 is 0 Å². The Morgan fingerprint density at radius 1 is 0.829 bits per heavy atom. The maximum atomic E-state index is 14.0. The molecule has 0 fully saturated rings. The lowest BCUT2D eigenvalue weighted by Gasteiger charge is -2.32. The van der Waals surface area contributed by atoms with Crippen molar-refractivity contribution in [2.24, 2.45) is 0 Å². The van der Waals surface area contributed by atoms with E-state index in [1.165, 1.54) is 0 Å². The van der Waals surface area contributed by atoms with Crippen molar-refractivity contribution in [3.8, 4) is 0 Å². The molecule has 3 aromatic carbocycles. The van der Waals surface area contributed by atoms with E-state index in [2.05, 4.69) is 49.5 Å². The van der Waals surface area contributed by atoms with E-state index in [9.17, 15) is 9.59 Å². The SMILES string of the molecule is CCCCNC(=O)[C@H](CC)N(Cc1ccccc1C)C(=O)CC(c1ccccc1)c1ccccc1. The van der Waals surface area contributed by atoms with Gasteiger partial charge in [0.2, 0.25) is 11.8 Å². The first-order valence-corrected chi connectivity index (χ1v) is 12.8. The molecule has 0 aliphatic rings. The zero-order chi connectivity index (χ0) is 25.0. The highest BCUT2D eigenvalue weighted by Gasteiger charge is 2.31. The minimum absolute atomic E-state index is 0.0107. The summed E-state index contributed by atoms with van der Waals surface area (Å²) < 4.78 is 0. The highest BCUT2D eigenvalue weighted by atomic mass is 16.2. The van der Waals surface area contributed by atoms with Gasteiger partial charge in [-0.05, 0) is 42.0 Å². The van der Waals surface area contributed by atoms with Crippen LogP contribution in [0.5, 0.6) is 0 Å². The van der Waals surface area contributed by atoms with Gasteiger partial charge in [-0.3, -0.25) is 9.59 Å². The predicted molar refractivity (Wildman–Crippen MR) is 143 cm³/mol. The number of unbranched alkanes of at least 4 members (excludes halogenated alkanes) is 1. The number of nitrogens with one attached hydrogen (secondary N) is 1. The van der Waals surface area contributed by atoms with Crippen LogP contribution in [0.15, 0.2) is 84.9 Å². The number of rotatable bonds is 12. The summed E-state index contributed by atoms with van der Waals surface area (Å²) in [5.41, 5.74) is 4.39. The van der Waals surface area contributed by atoms with Crippen molar-refractivity contribution in [2.45, 2.75) is 65.0 Å². The summed E-state index contributed by atoms with van der Waals surface area (Å²) >= 11 is 0. The molecule has 4 heteroatoms. The monoisotopic (exact) mass is 470 g/mol. The Bertz CT molecular complexity index is 1030. The molecule has 0 saturated heterocycles. The number of nitrogens with zero attached hydrogens (tertiary/aromatic N) is 1. The average molecular weight is 471 g/mol. The van der Waals surface area contributed by atoms with Crippen molar-refractivity contribution in [3.63, 3.8) is 0 Å². The van der Waals surface area contributed by atoms with Gasteiger partial charge in [-0.1, -0.05) is 105 Å². The van der Waals surface area contributed by atoms with Crippen molar-refractivity contribution in [3.05, 3.63) is 107 Å². The van der Waals surface area contributed by atoms with Gasteiger partial charge in [0.25, 0.3) is 0 Å². The fourth-order valence-electron chi connectivity index (χ4n) is 4.49. The van der Waals surface area contributed by atoms with E-state index in [0.29, 0.717) is 25.9 Å². The first kappa shape index (κ1) is 26.2. The zero-order valence-electron chi connectivity index (χ0n) is 21.2. The lowest BCUT2D eigenvalue weighted by atomic mass is 9.88. The molecule has 0 bridgehead atoms. The van der Waals surface area contributed by atoms with E-state index in [0.717, 1.165) is 35.1 Å². The third-order valence-electron chi connectivity index (χ3n) is 6.60. The van der Waals surface area contributed by atoms with Gasteiger partial charge >= 0.3 is 0 Å². The number of carbonyl (C=O) groups is 2. The molecular formula is C31H38N2O2. The Hall–Kier alpha value is -3.40. The Morgan fingerprint density at radius 3 is 1.94 bits per heavy atom. The molecule has 1 atom stereocenters. The van der Waals surface area contributed by atoms with Crippen LogP contribution in [0.1, 0.15) is 67.7 Å². The lowest BCUT2D eigenvalue weighted by Crippen LogP contribution is -2.49. The number of hydrogen-bond acceptors (Lipinski definition) is 2. The summed E-state index contributed by atoms with van der Waals surface area (Å²) in [5.74, 6) is -0.160. The van der Waals surface area contributed by atoms with Gasteiger partial charge in [-0.2, -0.15) is 0 Å². The molecule has 0 aliphatic heterocycles. The zero-order valence-corrected chi connectivity index (χ0v) is 21.2. The molecule has 2 amide bonds. The second-order valence-corrected chi connectivity index (χ2v) is 9.09. The van der Waals surface area contributed by atoms with Gasteiger partial charge in [-0.15, -0.1) is 0 Å². The first-order valence-electron chi connectivity index (χ1n) is 12.8. The number of amides is 2. The molecule has 0 saturated carbocycles. The fourth-order valence-corrected chi connectivity index (χ4v) is 4.49. The van der Waals surface area contributed by atoms with Crippen molar-refractivity contribution in [1.82, 2.24) is 10.2 Å². The number of aryl methyl sites for hydroxylation is 1. The second kappa shape index (κ2) is 13.5. The van der Waals surface area contributed by atoms with Gasteiger partial charge in [-0.25, -0.2) is 0 Å². The molecule has 3 aromatic rings. The molecular weight excluding hydrogens is 432 g/mol. The molecule has 184 valence electrons. The largest absolute Gasteiger partial charge is 0.354 e. The Morgan fingerprint density at radius 2 is 1.40 bits per heavy atom. The minimum atomic E-state index is -0.508. The van der Waals surface area contributed by atoms with Gasteiger partial charge in [0, 0.05) is 25.4 Å². The normalized spacial score (nSPS) is 11.8. The van der Waals surface area contributed by atoms with Crippen LogP contribution in [0.25, 0.3) is 0 Å². The van der Waals surface area contributed by atoms with Crippen LogP contribution in [-0.4, -0.2) is 29.3 Å². The summed E-state index contributed by atoms with van der Waals surface area (Å²) in [6.45, 7) is 7.19. The van der Waals surface area contributed by atoms with E-state index in [4.69, 9.17) is 0 Å². The van der Waals surface area contributed by atoms with Crippen LogP contribution < -0.4 is 5.32 Å². The molecule has 0 aliphatic carbocycles. The van der Waals surface area contributed by atoms with E-state index in [1.807, 2.05) is 61.5 Å². The molecule has 0 aromatic heterocycles. The van der Waals surface area contributed by atoms with E-state index in [-0.39, 0.29) is 17.7 Å². The highest BCUT2D eigenvalue weighted by Crippen LogP contribution is 2.30. The highest BCUT2D eigenvalue weighted by molar-refractivity contribution is 5.88. The Balaban J connectivity index is 1.93. The van der Waals surface area contributed by atoms with Gasteiger partial charge in [0.1, 0.15) is 6.04 Å². The molecule has 4 nitrogen and oxygen atoms in total. The first-order chi connectivity index (χ1) is 17.0. The van der Waals surface area contributed by atoms with Gasteiger partial charge in [0.05, 0.1) is 0 Å². The van der Waals surface area contributed by atoms with Gasteiger partial charge in [0.15, 0.2) is 0 Å². The van der Waals surface area contributed by atoms with Crippen molar-refractivity contribution in [1.29, 1.82) is 0 Å². The summed E-state index contributed by atoms with van der Waals surface area (Å²) in [6.07, 6.45) is 2.81. The third-order valence-corrected chi connectivity index (χ3v) is 6.60. The van der Waals surface area contributed by atoms with Gasteiger partial charge < -0.3 is 10.2 Å². The molecule has 1 N–H and O–H groups in total. The lowest BCUT2D eigenvalue weighted by molar-refractivity contribution is -0.141. The van der Waals surface area contributed by atoms with Crippen LogP contribution in [0, 0.1) is 6.92 Å². The number of benzene rings is 3. The standard InChI is InChI=1S/C31H38N2O2/c1-4-6-21-32-31(35)29(5-2)33(23-27-20-14-13-15-24(27)3)30(34)22-28(25-16-9-7-10-17-25)26-18-11-8-12-19-26/h7-20,28-29H,4-6,21-23H2,1-3H3,(H,32,35)/t29-/m0/s1. The quantitative estimate of drug-likeness (QED) is 0.319. The maximum absolute atomic E-state index is 14.0. The molecule has 0 spiro atoms. The van der Waals surface area contributed by atoms with Crippen LogP contribution in [0.3, 0.4) is 0 Å². The summed E-state index contributed by atoms with van der Waals surface area (Å²) in [5, 5.41) is 3.05. The maximum Gasteiger partial charge on any atom is 0.242 e. The Kier molecular flexibility index (Phi) is 10.1. The molecule has 0 radical (unpaired) electrons. The molecule has 0 unspecified atom stereocenters. The minimum Gasteiger partial charge on any atom is -0.354 e. The van der Waals surface area contributed by atoms with E-state index < -0.39 is 6.04 Å². The topological polar surface area (TPSA) is 49.4 Å². The van der Waals surface area contributed by atoms with Crippen LogP contribution in [0.4, 0.5) is 0 Å².